The Hall–Kier alpha value is -2.93. The number of carbonyl (C=O) groups is 2. The summed E-state index contributed by atoms with van der Waals surface area (Å²) in [6, 6.07) is 8.78. The maximum atomic E-state index is 13.9. The van der Waals surface area contributed by atoms with Gasteiger partial charge in [-0.1, -0.05) is 30.6 Å². The van der Waals surface area contributed by atoms with Gasteiger partial charge in [0.05, 0.1) is 11.3 Å². The highest BCUT2D eigenvalue weighted by molar-refractivity contribution is 6.31. The molecule has 1 aromatic heterocycles. The second kappa shape index (κ2) is 7.59. The van der Waals surface area contributed by atoms with Crippen LogP contribution in [0.3, 0.4) is 0 Å². The summed E-state index contributed by atoms with van der Waals surface area (Å²) in [5, 5.41) is 4.78. The number of Topliss-reactive ketones (excluding diaryl/α,β-unsaturated/α-hetero) is 1. The van der Waals surface area contributed by atoms with Gasteiger partial charge in [-0.05, 0) is 30.3 Å². The Kier molecular flexibility index (Phi) is 4.97. The zero-order valence-electron chi connectivity index (χ0n) is 18.0. The minimum atomic E-state index is -1.32. The lowest BCUT2D eigenvalue weighted by molar-refractivity contribution is -0.164. The predicted molar refractivity (Wildman–Crippen MR) is 119 cm³/mol. The number of amides is 1. The van der Waals surface area contributed by atoms with E-state index in [2.05, 4.69) is 10.1 Å². The van der Waals surface area contributed by atoms with Gasteiger partial charge in [0, 0.05) is 61.2 Å². The van der Waals surface area contributed by atoms with Crippen LogP contribution < -0.4 is 4.74 Å². The number of aromatic nitrogens is 1. The third-order valence-electron chi connectivity index (χ3n) is 6.69. The number of rotatable bonds is 2. The summed E-state index contributed by atoms with van der Waals surface area (Å²) >= 11 is 6.19. The Bertz CT molecular complexity index is 1110. The molecule has 0 saturated carbocycles. The fraction of sp³-hybridized carbons (Fsp3) is 0.417. The Balaban J connectivity index is 1.54. The molecule has 32 heavy (non-hydrogen) atoms. The van der Waals surface area contributed by atoms with Crippen molar-refractivity contribution >= 4 is 29.0 Å². The van der Waals surface area contributed by atoms with Crippen molar-refractivity contribution in [3.05, 3.63) is 58.9 Å². The number of ketones is 1. The van der Waals surface area contributed by atoms with Gasteiger partial charge in [-0.3, -0.25) is 14.6 Å². The van der Waals surface area contributed by atoms with Gasteiger partial charge in [0.1, 0.15) is 5.75 Å². The van der Waals surface area contributed by atoms with Crippen LogP contribution in [0.5, 0.6) is 5.75 Å². The molecule has 2 aromatic rings. The molecule has 7 nitrogen and oxygen atoms in total. The first-order chi connectivity index (χ1) is 15.4. The summed E-state index contributed by atoms with van der Waals surface area (Å²) in [7, 11) is 0. The van der Waals surface area contributed by atoms with Gasteiger partial charge < -0.3 is 14.5 Å². The van der Waals surface area contributed by atoms with Gasteiger partial charge in [-0.2, -0.15) is 0 Å². The number of likely N-dealkylation sites (tertiary alicyclic amines) is 1. The van der Waals surface area contributed by atoms with Crippen molar-refractivity contribution in [1.82, 2.24) is 9.88 Å². The number of oxime groups is 1. The SMILES string of the molecule is CC(C)C(=O)N1CCC2(CC1)Oc1ccc(Cl)cc1C(=O)C21CC(c2cccnc2)=NO1. The number of carbonyl (C=O) groups excluding carboxylic acids is 2. The molecule has 1 saturated heterocycles. The van der Waals surface area contributed by atoms with Crippen molar-refractivity contribution in [1.29, 1.82) is 0 Å². The molecule has 0 N–H and O–H groups in total. The van der Waals surface area contributed by atoms with E-state index in [0.29, 0.717) is 48.0 Å². The Morgan fingerprint density at radius 3 is 2.69 bits per heavy atom. The standard InChI is InChI=1S/C24H24ClN3O4/c1-15(2)22(30)28-10-7-23(8-11-28)24(13-19(27-32-24)16-4-3-9-26-14-16)21(29)18-12-17(25)5-6-20(18)31-23/h3-6,9,12,14-15H,7-8,10-11,13H2,1-2H3. The average molecular weight is 454 g/mol. The number of pyridine rings is 1. The van der Waals surface area contributed by atoms with E-state index in [9.17, 15) is 9.59 Å². The molecule has 166 valence electrons. The van der Waals surface area contributed by atoms with Gasteiger partial charge in [0.25, 0.3) is 0 Å². The fourth-order valence-electron chi connectivity index (χ4n) is 4.93. The van der Waals surface area contributed by atoms with Gasteiger partial charge in [-0.15, -0.1) is 0 Å². The molecular formula is C24H24ClN3O4. The number of nitrogens with zero attached hydrogens (tertiary/aromatic N) is 3. The summed E-state index contributed by atoms with van der Waals surface area (Å²) in [5.41, 5.74) is -0.404. The van der Waals surface area contributed by atoms with E-state index in [1.807, 2.05) is 30.9 Å². The van der Waals surface area contributed by atoms with Crippen LogP contribution in [0.4, 0.5) is 0 Å². The third-order valence-corrected chi connectivity index (χ3v) is 6.93. The van der Waals surface area contributed by atoms with Crippen LogP contribution in [0.2, 0.25) is 5.02 Å². The smallest absolute Gasteiger partial charge is 0.244 e. The largest absolute Gasteiger partial charge is 0.482 e. The molecule has 1 atom stereocenters. The van der Waals surface area contributed by atoms with Crippen LogP contribution in [0, 0.1) is 5.92 Å². The second-order valence-electron chi connectivity index (χ2n) is 8.92. The summed E-state index contributed by atoms with van der Waals surface area (Å²) in [5.74, 6) is 0.320. The summed E-state index contributed by atoms with van der Waals surface area (Å²) < 4.78 is 6.56. The van der Waals surface area contributed by atoms with Crippen molar-refractivity contribution < 1.29 is 19.2 Å². The maximum absolute atomic E-state index is 13.9. The van der Waals surface area contributed by atoms with Crippen LogP contribution in [0.1, 0.15) is 49.0 Å². The number of benzene rings is 1. The highest BCUT2D eigenvalue weighted by atomic mass is 35.5. The van der Waals surface area contributed by atoms with Crippen molar-refractivity contribution in [3.63, 3.8) is 0 Å². The third kappa shape index (κ3) is 3.10. The lowest BCUT2D eigenvalue weighted by Gasteiger charge is -2.51. The quantitative estimate of drug-likeness (QED) is 0.689. The van der Waals surface area contributed by atoms with Crippen LogP contribution >= 0.6 is 11.6 Å². The highest BCUT2D eigenvalue weighted by Gasteiger charge is 2.67. The molecular weight excluding hydrogens is 430 g/mol. The lowest BCUT2D eigenvalue weighted by atomic mass is 9.67. The lowest BCUT2D eigenvalue weighted by Crippen LogP contribution is -2.68. The molecule has 3 aliphatic rings. The topological polar surface area (TPSA) is 81.1 Å². The number of halogens is 1. The number of piperidine rings is 1. The minimum absolute atomic E-state index is 0.0852. The summed E-state index contributed by atoms with van der Waals surface area (Å²) in [6.45, 7) is 4.76. The first-order valence-electron chi connectivity index (χ1n) is 10.8. The van der Waals surface area contributed by atoms with E-state index in [4.69, 9.17) is 21.2 Å². The second-order valence-corrected chi connectivity index (χ2v) is 9.36. The Labute approximate surface area is 191 Å². The van der Waals surface area contributed by atoms with Crippen LogP contribution in [0.25, 0.3) is 0 Å². The molecule has 0 aliphatic carbocycles. The molecule has 1 fully saturated rings. The predicted octanol–water partition coefficient (Wildman–Crippen LogP) is 3.89. The fourth-order valence-corrected chi connectivity index (χ4v) is 5.11. The summed E-state index contributed by atoms with van der Waals surface area (Å²) in [6.07, 6.45) is 4.59. The minimum Gasteiger partial charge on any atom is -0.482 e. The van der Waals surface area contributed by atoms with E-state index in [-0.39, 0.29) is 24.0 Å². The molecule has 1 unspecified atom stereocenters. The number of fused-ring (bicyclic) bond motifs is 2. The van der Waals surface area contributed by atoms with E-state index in [0.717, 1.165) is 5.56 Å². The Morgan fingerprint density at radius 1 is 1.22 bits per heavy atom. The number of hydrogen-bond acceptors (Lipinski definition) is 6. The highest BCUT2D eigenvalue weighted by Crippen LogP contribution is 2.51. The van der Waals surface area contributed by atoms with Crippen molar-refractivity contribution in [2.45, 2.75) is 44.3 Å². The first-order valence-corrected chi connectivity index (χ1v) is 11.2. The maximum Gasteiger partial charge on any atom is 0.244 e. The van der Waals surface area contributed by atoms with Gasteiger partial charge in [0.15, 0.2) is 5.60 Å². The molecule has 0 bridgehead atoms. The van der Waals surface area contributed by atoms with Gasteiger partial charge in [0.2, 0.25) is 17.3 Å². The normalized spacial score (nSPS) is 23.7. The van der Waals surface area contributed by atoms with Crippen molar-refractivity contribution in [2.24, 2.45) is 11.1 Å². The van der Waals surface area contributed by atoms with E-state index in [1.54, 1.807) is 30.6 Å². The zero-order valence-corrected chi connectivity index (χ0v) is 18.8. The molecule has 0 radical (unpaired) electrons. The average Bonchev–Trinajstić information content (AvgIpc) is 3.26. The summed E-state index contributed by atoms with van der Waals surface area (Å²) in [4.78, 5) is 38.5. The molecule has 2 spiro atoms. The molecule has 1 aromatic carbocycles. The monoisotopic (exact) mass is 453 g/mol. The number of hydrogen-bond donors (Lipinski definition) is 0. The molecule has 8 heteroatoms. The number of ether oxygens (including phenoxy) is 1. The van der Waals surface area contributed by atoms with Crippen LogP contribution in [0.15, 0.2) is 47.9 Å². The van der Waals surface area contributed by atoms with Crippen molar-refractivity contribution in [2.75, 3.05) is 13.1 Å². The zero-order chi connectivity index (χ0) is 22.5. The molecule has 3 aliphatic heterocycles. The van der Waals surface area contributed by atoms with E-state index in [1.165, 1.54) is 0 Å². The van der Waals surface area contributed by atoms with Crippen molar-refractivity contribution in [3.8, 4) is 5.75 Å². The van der Waals surface area contributed by atoms with Gasteiger partial charge >= 0.3 is 0 Å². The molecule has 1 amide bonds. The van der Waals surface area contributed by atoms with Crippen LogP contribution in [-0.2, 0) is 9.63 Å². The van der Waals surface area contributed by atoms with E-state index >= 15 is 0 Å². The van der Waals surface area contributed by atoms with Gasteiger partial charge in [-0.25, -0.2) is 0 Å². The Morgan fingerprint density at radius 2 is 2.00 bits per heavy atom. The van der Waals surface area contributed by atoms with E-state index < -0.39 is 11.2 Å². The molecule has 5 rings (SSSR count). The molecule has 4 heterocycles. The van der Waals surface area contributed by atoms with Crippen LogP contribution in [-0.4, -0.2) is 51.6 Å². The first kappa shape index (κ1) is 20.9.